The molecule has 0 radical (unpaired) electrons. The van der Waals surface area contributed by atoms with E-state index in [0.717, 1.165) is 6.54 Å². The molecule has 182 valence electrons. The molecule has 2 aromatic heterocycles. The number of imidazole rings is 1. The average Bonchev–Trinajstić information content (AvgIpc) is 3.18. The van der Waals surface area contributed by atoms with Gasteiger partial charge in [0.05, 0.1) is 28.8 Å². The topological polar surface area (TPSA) is 134 Å². The second-order valence-electron chi connectivity index (χ2n) is 8.17. The number of nitrogens with one attached hydrogen (secondary N) is 2. The molecule has 12 nitrogen and oxygen atoms in total. The van der Waals surface area contributed by atoms with Crippen LogP contribution in [0.15, 0.2) is 53.5 Å². The maximum absolute atomic E-state index is 12.5. The number of benzene rings is 2. The van der Waals surface area contributed by atoms with E-state index in [1.54, 1.807) is 31.3 Å². The van der Waals surface area contributed by atoms with Gasteiger partial charge in [0.2, 0.25) is 5.95 Å². The highest BCUT2D eigenvalue weighted by Crippen LogP contribution is 2.38. The maximum Gasteiger partial charge on any atom is 0.332 e. The fourth-order valence-corrected chi connectivity index (χ4v) is 3.68. The summed E-state index contributed by atoms with van der Waals surface area (Å²) in [4.78, 5) is 39.3. The highest BCUT2D eigenvalue weighted by atomic mass is 16.6. The van der Waals surface area contributed by atoms with Crippen molar-refractivity contribution in [2.24, 2.45) is 0 Å². The molecule has 2 N–H and O–H groups in total. The van der Waals surface area contributed by atoms with Crippen LogP contribution >= 0.6 is 0 Å². The normalized spacial score (nSPS) is 11.1. The Morgan fingerprint density at radius 3 is 2.66 bits per heavy atom. The number of nitro groups is 1. The SMILES string of the molecule is COc1cc(N(C)CCN(C)C)c([N+](=O)[O-])cc1Nc1nccc(-n2c(=O)[nH]c3ccccc32)n1. The second-order valence-corrected chi connectivity index (χ2v) is 8.17. The molecular formula is C23H26N8O4. The predicted molar refractivity (Wildman–Crippen MR) is 134 cm³/mol. The lowest BCUT2D eigenvalue weighted by molar-refractivity contribution is -0.384. The van der Waals surface area contributed by atoms with Gasteiger partial charge in [-0.3, -0.25) is 10.1 Å². The third-order valence-electron chi connectivity index (χ3n) is 5.49. The van der Waals surface area contributed by atoms with Crippen molar-refractivity contribution in [2.75, 3.05) is 51.6 Å². The van der Waals surface area contributed by atoms with E-state index in [1.165, 1.54) is 23.9 Å². The molecule has 35 heavy (non-hydrogen) atoms. The fraction of sp³-hybridized carbons (Fsp3) is 0.261. The number of likely N-dealkylation sites (N-methyl/N-ethyl adjacent to an activating group) is 2. The number of nitrogens with zero attached hydrogens (tertiary/aromatic N) is 6. The third kappa shape index (κ3) is 4.92. The van der Waals surface area contributed by atoms with Gasteiger partial charge in [0.1, 0.15) is 17.3 Å². The van der Waals surface area contributed by atoms with Gasteiger partial charge in [0.15, 0.2) is 0 Å². The fourth-order valence-electron chi connectivity index (χ4n) is 3.68. The summed E-state index contributed by atoms with van der Waals surface area (Å²) in [5, 5.41) is 14.9. The Hall–Kier alpha value is -4.45. The van der Waals surface area contributed by atoms with Gasteiger partial charge in [-0.2, -0.15) is 4.98 Å². The van der Waals surface area contributed by atoms with E-state index in [0.29, 0.717) is 40.5 Å². The van der Waals surface area contributed by atoms with Gasteiger partial charge >= 0.3 is 5.69 Å². The zero-order chi connectivity index (χ0) is 25.1. The van der Waals surface area contributed by atoms with Crippen LogP contribution in [0.5, 0.6) is 5.75 Å². The van der Waals surface area contributed by atoms with E-state index in [4.69, 9.17) is 4.74 Å². The molecule has 0 unspecified atom stereocenters. The van der Waals surface area contributed by atoms with Crippen molar-refractivity contribution in [2.45, 2.75) is 0 Å². The quantitative estimate of drug-likeness (QED) is 0.275. The van der Waals surface area contributed by atoms with E-state index in [2.05, 4.69) is 20.3 Å². The van der Waals surface area contributed by atoms with Crippen molar-refractivity contribution in [3.8, 4) is 11.6 Å². The van der Waals surface area contributed by atoms with Crippen molar-refractivity contribution in [1.82, 2.24) is 24.4 Å². The van der Waals surface area contributed by atoms with Gasteiger partial charge in [0.25, 0.3) is 5.69 Å². The standard InChI is InChI=1S/C23H26N8O4/c1-28(2)11-12-29(3)18-14-20(35-4)16(13-19(18)31(33)34)25-22-24-10-9-21(27-22)30-17-8-6-5-7-15(17)26-23(30)32/h5-10,13-14H,11-12H2,1-4H3,(H,26,32)(H,24,25,27). The van der Waals surface area contributed by atoms with Crippen LogP contribution in [0.4, 0.5) is 23.0 Å². The number of aromatic amines is 1. The van der Waals surface area contributed by atoms with E-state index >= 15 is 0 Å². The lowest BCUT2D eigenvalue weighted by Crippen LogP contribution is -2.29. The summed E-state index contributed by atoms with van der Waals surface area (Å²) in [5.41, 5.74) is 1.68. The van der Waals surface area contributed by atoms with Gasteiger partial charge in [-0.25, -0.2) is 14.3 Å². The van der Waals surface area contributed by atoms with Crippen LogP contribution in [0.1, 0.15) is 0 Å². The maximum atomic E-state index is 12.5. The van der Waals surface area contributed by atoms with Gasteiger partial charge in [0, 0.05) is 44.5 Å². The minimum Gasteiger partial charge on any atom is -0.494 e. The minimum atomic E-state index is -0.436. The molecule has 0 saturated carbocycles. The molecule has 0 bridgehead atoms. The summed E-state index contributed by atoms with van der Waals surface area (Å²) in [6.45, 7) is 1.32. The molecule has 0 aliphatic heterocycles. The Morgan fingerprint density at radius 2 is 1.94 bits per heavy atom. The van der Waals surface area contributed by atoms with Crippen LogP contribution in [0, 0.1) is 10.1 Å². The Labute approximate surface area is 200 Å². The number of para-hydroxylation sites is 2. The van der Waals surface area contributed by atoms with Crippen molar-refractivity contribution < 1.29 is 9.66 Å². The first kappa shape index (κ1) is 23.7. The van der Waals surface area contributed by atoms with Crippen LogP contribution in [-0.4, -0.2) is 70.7 Å². The Balaban J connectivity index is 1.71. The molecule has 0 fully saturated rings. The molecule has 0 aliphatic rings. The molecule has 0 atom stereocenters. The van der Waals surface area contributed by atoms with E-state index < -0.39 is 4.92 Å². The summed E-state index contributed by atoms with van der Waals surface area (Å²) in [5.74, 6) is 0.889. The summed E-state index contributed by atoms with van der Waals surface area (Å²) in [7, 11) is 7.16. The first-order chi connectivity index (χ1) is 16.8. The molecule has 0 spiro atoms. The number of H-pyrrole nitrogens is 1. The number of nitro benzene ring substituents is 1. The Bertz CT molecular complexity index is 1430. The first-order valence-electron chi connectivity index (χ1n) is 10.8. The summed E-state index contributed by atoms with van der Waals surface area (Å²) >= 11 is 0. The van der Waals surface area contributed by atoms with E-state index in [-0.39, 0.29) is 17.3 Å². The highest BCUT2D eigenvalue weighted by Gasteiger charge is 2.22. The minimum absolute atomic E-state index is 0.0847. The summed E-state index contributed by atoms with van der Waals surface area (Å²) in [6, 6.07) is 11.9. The van der Waals surface area contributed by atoms with Crippen LogP contribution < -0.4 is 20.6 Å². The molecular weight excluding hydrogens is 452 g/mol. The molecule has 12 heteroatoms. The number of fused-ring (bicyclic) bond motifs is 1. The predicted octanol–water partition coefficient (Wildman–Crippen LogP) is 2.77. The van der Waals surface area contributed by atoms with Gasteiger partial charge in [-0.15, -0.1) is 0 Å². The number of hydrogen-bond donors (Lipinski definition) is 2. The number of ether oxygens (including phenoxy) is 1. The summed E-state index contributed by atoms with van der Waals surface area (Å²) < 4.78 is 6.95. The van der Waals surface area contributed by atoms with Gasteiger partial charge in [-0.05, 0) is 26.2 Å². The van der Waals surface area contributed by atoms with Crippen molar-refractivity contribution in [3.05, 3.63) is 69.3 Å². The number of hydrogen-bond acceptors (Lipinski definition) is 9. The Morgan fingerprint density at radius 1 is 1.17 bits per heavy atom. The van der Waals surface area contributed by atoms with Crippen molar-refractivity contribution in [1.29, 1.82) is 0 Å². The second kappa shape index (κ2) is 9.81. The molecule has 0 saturated heterocycles. The largest absolute Gasteiger partial charge is 0.494 e. The summed E-state index contributed by atoms with van der Waals surface area (Å²) in [6.07, 6.45) is 1.50. The van der Waals surface area contributed by atoms with Gasteiger partial charge in [-0.1, -0.05) is 12.1 Å². The Kier molecular flexibility index (Phi) is 6.64. The van der Waals surface area contributed by atoms with Crippen molar-refractivity contribution in [3.63, 3.8) is 0 Å². The van der Waals surface area contributed by atoms with Crippen molar-refractivity contribution >= 4 is 34.0 Å². The lowest BCUT2D eigenvalue weighted by Gasteiger charge is -2.22. The number of methoxy groups -OCH3 is 1. The molecule has 2 heterocycles. The van der Waals surface area contributed by atoms with Crippen LogP contribution in [0.3, 0.4) is 0 Å². The highest BCUT2D eigenvalue weighted by molar-refractivity contribution is 5.78. The smallest absolute Gasteiger partial charge is 0.332 e. The number of anilines is 3. The monoisotopic (exact) mass is 478 g/mol. The lowest BCUT2D eigenvalue weighted by atomic mass is 10.2. The van der Waals surface area contributed by atoms with Crippen LogP contribution in [-0.2, 0) is 0 Å². The number of rotatable bonds is 9. The van der Waals surface area contributed by atoms with E-state index in [1.807, 2.05) is 36.0 Å². The molecule has 2 aromatic carbocycles. The average molecular weight is 479 g/mol. The zero-order valence-electron chi connectivity index (χ0n) is 19.8. The van der Waals surface area contributed by atoms with Gasteiger partial charge < -0.3 is 24.8 Å². The molecule has 4 aromatic rings. The zero-order valence-corrected chi connectivity index (χ0v) is 19.8. The molecule has 0 amide bonds. The van der Waals surface area contributed by atoms with E-state index in [9.17, 15) is 14.9 Å². The van der Waals surface area contributed by atoms with Crippen LogP contribution in [0.25, 0.3) is 16.9 Å². The molecule has 4 rings (SSSR count). The number of aromatic nitrogens is 4. The third-order valence-corrected chi connectivity index (χ3v) is 5.49. The molecule has 0 aliphatic carbocycles. The first-order valence-corrected chi connectivity index (χ1v) is 10.8. The van der Waals surface area contributed by atoms with Crippen LogP contribution in [0.2, 0.25) is 0 Å².